The van der Waals surface area contributed by atoms with Crippen LogP contribution in [0.25, 0.3) is 0 Å². The molecule has 118 valence electrons. The van der Waals surface area contributed by atoms with Crippen LogP contribution in [0.4, 0.5) is 5.69 Å². The predicted octanol–water partition coefficient (Wildman–Crippen LogP) is 4.40. The van der Waals surface area contributed by atoms with Crippen LogP contribution in [0, 0.1) is 13.8 Å². The number of carbonyl (C=O) groups excluding carboxylic acids is 2. The molecule has 2 aromatic rings. The van der Waals surface area contributed by atoms with Crippen LogP contribution in [-0.4, -0.2) is 11.8 Å². The highest BCUT2D eigenvalue weighted by Crippen LogP contribution is 2.36. The lowest BCUT2D eigenvalue weighted by Crippen LogP contribution is -2.31. The molecule has 3 heteroatoms. The average Bonchev–Trinajstić information content (AvgIpc) is 2.71. The Labute approximate surface area is 136 Å². The molecule has 3 nitrogen and oxygen atoms in total. The maximum Gasteiger partial charge on any atom is 0.266 e. The molecular weight excluding hydrogens is 286 g/mol. The summed E-state index contributed by atoms with van der Waals surface area (Å²) in [5, 5.41) is 0. The third-order valence-electron chi connectivity index (χ3n) is 4.37. The van der Waals surface area contributed by atoms with Gasteiger partial charge >= 0.3 is 0 Å². The third kappa shape index (κ3) is 2.37. The van der Waals surface area contributed by atoms with Gasteiger partial charge in [0.05, 0.1) is 16.8 Å². The number of benzene rings is 2. The van der Waals surface area contributed by atoms with Gasteiger partial charge in [-0.05, 0) is 48.1 Å². The maximum atomic E-state index is 12.7. The number of hydrogen-bond acceptors (Lipinski definition) is 2. The van der Waals surface area contributed by atoms with Crippen molar-refractivity contribution in [3.8, 4) is 0 Å². The van der Waals surface area contributed by atoms with E-state index in [9.17, 15) is 9.59 Å². The lowest BCUT2D eigenvalue weighted by molar-refractivity contribution is 0.0925. The van der Waals surface area contributed by atoms with Gasteiger partial charge in [-0.3, -0.25) is 9.59 Å². The zero-order valence-electron chi connectivity index (χ0n) is 14.2. The molecule has 1 heterocycles. The molecule has 0 bridgehead atoms. The Kier molecular flexibility index (Phi) is 3.40. The Morgan fingerprint density at radius 1 is 0.826 bits per heavy atom. The van der Waals surface area contributed by atoms with E-state index in [1.54, 1.807) is 24.3 Å². The molecule has 0 saturated heterocycles. The third-order valence-corrected chi connectivity index (χ3v) is 4.37. The SMILES string of the molecule is Cc1cc(C(C)(C)C)cc(C)c1N1C(=O)c2ccccc2C1=O. The average molecular weight is 307 g/mol. The van der Waals surface area contributed by atoms with Gasteiger partial charge < -0.3 is 0 Å². The Bertz CT molecular complexity index is 770. The number of fused-ring (bicyclic) bond motifs is 1. The molecule has 0 fully saturated rings. The van der Waals surface area contributed by atoms with Gasteiger partial charge in [-0.1, -0.05) is 45.0 Å². The van der Waals surface area contributed by atoms with Crippen molar-refractivity contribution in [3.63, 3.8) is 0 Å². The summed E-state index contributed by atoms with van der Waals surface area (Å²) in [6, 6.07) is 11.1. The van der Waals surface area contributed by atoms with E-state index in [0.29, 0.717) is 16.8 Å². The molecule has 0 atom stereocenters. The molecule has 2 amide bonds. The number of hydrogen-bond donors (Lipinski definition) is 0. The van der Waals surface area contributed by atoms with Crippen LogP contribution in [0.1, 0.15) is 58.2 Å². The highest BCUT2D eigenvalue weighted by molar-refractivity contribution is 6.34. The van der Waals surface area contributed by atoms with E-state index in [1.807, 2.05) is 13.8 Å². The van der Waals surface area contributed by atoms with Gasteiger partial charge in [0.1, 0.15) is 0 Å². The van der Waals surface area contributed by atoms with E-state index in [0.717, 1.165) is 11.1 Å². The van der Waals surface area contributed by atoms with E-state index in [4.69, 9.17) is 0 Å². The largest absolute Gasteiger partial charge is 0.268 e. The second kappa shape index (κ2) is 5.05. The Hall–Kier alpha value is -2.42. The van der Waals surface area contributed by atoms with Gasteiger partial charge in [-0.25, -0.2) is 4.90 Å². The molecule has 0 aliphatic carbocycles. The topological polar surface area (TPSA) is 37.4 Å². The van der Waals surface area contributed by atoms with E-state index >= 15 is 0 Å². The molecule has 0 N–H and O–H groups in total. The van der Waals surface area contributed by atoms with Crippen molar-refractivity contribution in [2.45, 2.75) is 40.0 Å². The fourth-order valence-corrected chi connectivity index (χ4v) is 3.13. The number of anilines is 1. The summed E-state index contributed by atoms with van der Waals surface area (Å²) in [7, 11) is 0. The van der Waals surface area contributed by atoms with E-state index in [-0.39, 0.29) is 17.2 Å². The number of carbonyl (C=O) groups is 2. The highest BCUT2D eigenvalue weighted by Gasteiger charge is 2.37. The summed E-state index contributed by atoms with van der Waals surface area (Å²) in [6.45, 7) is 10.4. The lowest BCUT2D eigenvalue weighted by Gasteiger charge is -2.25. The molecule has 1 aliphatic rings. The molecule has 0 radical (unpaired) electrons. The van der Waals surface area contributed by atoms with Crippen LogP contribution in [0.2, 0.25) is 0 Å². The number of aryl methyl sites for hydroxylation is 2. The Morgan fingerprint density at radius 2 is 1.26 bits per heavy atom. The van der Waals surface area contributed by atoms with Gasteiger partial charge in [0.15, 0.2) is 0 Å². The molecule has 0 unspecified atom stereocenters. The standard InChI is InChI=1S/C20H21NO2/c1-12-10-14(20(3,4)5)11-13(2)17(12)21-18(22)15-8-6-7-9-16(15)19(21)23/h6-11H,1-5H3. The Morgan fingerprint density at radius 3 is 1.65 bits per heavy atom. The van der Waals surface area contributed by atoms with E-state index < -0.39 is 0 Å². The minimum atomic E-state index is -0.236. The van der Waals surface area contributed by atoms with Crippen molar-refractivity contribution < 1.29 is 9.59 Å². The van der Waals surface area contributed by atoms with Crippen LogP contribution in [0.3, 0.4) is 0 Å². The molecule has 0 spiro atoms. The zero-order chi connectivity index (χ0) is 16.9. The quantitative estimate of drug-likeness (QED) is 0.732. The van der Waals surface area contributed by atoms with Crippen LogP contribution in [0.15, 0.2) is 36.4 Å². The second-order valence-electron chi connectivity index (χ2n) is 7.20. The van der Waals surface area contributed by atoms with Crippen molar-refractivity contribution >= 4 is 17.5 Å². The van der Waals surface area contributed by atoms with E-state index in [1.165, 1.54) is 10.5 Å². The monoisotopic (exact) mass is 307 g/mol. The number of amides is 2. The summed E-state index contributed by atoms with van der Waals surface area (Å²) >= 11 is 0. The van der Waals surface area contributed by atoms with Crippen molar-refractivity contribution in [2.24, 2.45) is 0 Å². The molecule has 0 aromatic heterocycles. The summed E-state index contributed by atoms with van der Waals surface area (Å²) in [5.41, 5.74) is 4.80. The van der Waals surface area contributed by atoms with Crippen molar-refractivity contribution in [1.82, 2.24) is 0 Å². The molecule has 1 aliphatic heterocycles. The fraction of sp³-hybridized carbons (Fsp3) is 0.300. The Balaban J connectivity index is 2.15. The van der Waals surface area contributed by atoms with E-state index in [2.05, 4.69) is 32.9 Å². The molecule has 0 saturated carbocycles. The predicted molar refractivity (Wildman–Crippen MR) is 92.2 cm³/mol. The molecule has 23 heavy (non-hydrogen) atoms. The summed E-state index contributed by atoms with van der Waals surface area (Å²) in [4.78, 5) is 26.7. The number of nitrogens with zero attached hydrogens (tertiary/aromatic N) is 1. The van der Waals surface area contributed by atoms with Crippen LogP contribution in [-0.2, 0) is 5.41 Å². The number of imide groups is 1. The smallest absolute Gasteiger partial charge is 0.266 e. The second-order valence-corrected chi connectivity index (χ2v) is 7.20. The first-order valence-corrected chi connectivity index (χ1v) is 7.81. The summed E-state index contributed by atoms with van der Waals surface area (Å²) in [5.74, 6) is -0.472. The zero-order valence-corrected chi connectivity index (χ0v) is 14.2. The van der Waals surface area contributed by atoms with Crippen LogP contribution >= 0.6 is 0 Å². The molecular formula is C20H21NO2. The minimum Gasteiger partial charge on any atom is -0.268 e. The van der Waals surface area contributed by atoms with Crippen molar-refractivity contribution in [3.05, 3.63) is 64.2 Å². The first-order valence-electron chi connectivity index (χ1n) is 7.81. The first kappa shape index (κ1) is 15.5. The van der Waals surface area contributed by atoms with Gasteiger partial charge in [0.25, 0.3) is 11.8 Å². The van der Waals surface area contributed by atoms with Gasteiger partial charge in [0, 0.05) is 0 Å². The van der Waals surface area contributed by atoms with Gasteiger partial charge in [0.2, 0.25) is 0 Å². The van der Waals surface area contributed by atoms with Crippen molar-refractivity contribution in [2.75, 3.05) is 4.90 Å². The molecule has 3 rings (SSSR count). The van der Waals surface area contributed by atoms with Crippen molar-refractivity contribution in [1.29, 1.82) is 0 Å². The first-order chi connectivity index (χ1) is 10.7. The van der Waals surface area contributed by atoms with Gasteiger partial charge in [-0.15, -0.1) is 0 Å². The minimum absolute atomic E-state index is 0.0238. The molecule has 2 aromatic carbocycles. The maximum absolute atomic E-state index is 12.7. The normalized spacial score (nSPS) is 14.4. The summed E-state index contributed by atoms with van der Waals surface area (Å²) in [6.07, 6.45) is 0. The van der Waals surface area contributed by atoms with Crippen LogP contribution in [0.5, 0.6) is 0 Å². The van der Waals surface area contributed by atoms with Gasteiger partial charge in [-0.2, -0.15) is 0 Å². The fourth-order valence-electron chi connectivity index (χ4n) is 3.13. The lowest BCUT2D eigenvalue weighted by atomic mass is 9.84. The number of rotatable bonds is 1. The highest BCUT2D eigenvalue weighted by atomic mass is 16.2. The summed E-state index contributed by atoms with van der Waals surface area (Å²) < 4.78 is 0. The van der Waals surface area contributed by atoms with Crippen LogP contribution < -0.4 is 4.90 Å².